The first-order valence-corrected chi connectivity index (χ1v) is 12.5. The molecule has 1 saturated heterocycles. The van der Waals surface area contributed by atoms with E-state index in [1.807, 2.05) is 21.9 Å². The summed E-state index contributed by atoms with van der Waals surface area (Å²) in [5, 5.41) is 11.4. The molecule has 1 aliphatic carbocycles. The molecule has 0 bridgehead atoms. The molecule has 0 radical (unpaired) electrons. The lowest BCUT2D eigenvalue weighted by Crippen LogP contribution is -2.48. The molecule has 2 aromatic rings. The number of amides is 2. The van der Waals surface area contributed by atoms with Crippen molar-refractivity contribution in [3.63, 3.8) is 0 Å². The molecule has 2 aliphatic heterocycles. The van der Waals surface area contributed by atoms with Crippen LogP contribution in [-0.4, -0.2) is 46.1 Å². The Morgan fingerprint density at radius 3 is 2.59 bits per heavy atom. The van der Waals surface area contributed by atoms with Crippen LogP contribution in [0.5, 0.6) is 0 Å². The van der Waals surface area contributed by atoms with E-state index >= 15 is 0 Å². The Morgan fingerprint density at radius 2 is 1.85 bits per heavy atom. The van der Waals surface area contributed by atoms with Crippen molar-refractivity contribution >= 4 is 12.2 Å². The molecule has 34 heavy (non-hydrogen) atoms. The van der Waals surface area contributed by atoms with Gasteiger partial charge in [-0.1, -0.05) is 25.7 Å². The van der Waals surface area contributed by atoms with Gasteiger partial charge in [-0.3, -0.25) is 0 Å². The zero-order chi connectivity index (χ0) is 23.3. The van der Waals surface area contributed by atoms with Crippen molar-refractivity contribution in [2.75, 3.05) is 13.1 Å². The number of allylic oxidation sites excluding steroid dienone is 1. The number of likely N-dealkylation sites (tertiary alicyclic amines) is 1. The minimum atomic E-state index is -0.343. The van der Waals surface area contributed by atoms with Crippen LogP contribution in [0.2, 0.25) is 0 Å². The molecule has 2 fully saturated rings. The van der Waals surface area contributed by atoms with E-state index in [4.69, 9.17) is 5.10 Å². The second-order valence-electron chi connectivity index (χ2n) is 9.53. The van der Waals surface area contributed by atoms with E-state index in [1.165, 1.54) is 37.8 Å². The van der Waals surface area contributed by atoms with E-state index in [-0.39, 0.29) is 24.1 Å². The molecule has 1 saturated carbocycles. The summed E-state index contributed by atoms with van der Waals surface area (Å²) in [6.45, 7) is 1.43. The second-order valence-corrected chi connectivity index (χ2v) is 9.53. The van der Waals surface area contributed by atoms with Crippen LogP contribution >= 0.6 is 0 Å². The van der Waals surface area contributed by atoms with E-state index in [0.717, 1.165) is 49.2 Å². The molecular formula is C26H33FN6O. The molecule has 8 heteroatoms. The van der Waals surface area contributed by atoms with Gasteiger partial charge in [-0.15, -0.1) is 0 Å². The van der Waals surface area contributed by atoms with E-state index in [1.54, 1.807) is 18.3 Å². The Hall–Kier alpha value is -3.16. The SMILES string of the molecule is O=C(NC1CCCCCC1)N1CCCC(c2cc(-c3ccc(F)cc3)nn2C2N=CC=CN2)C1. The third-order valence-electron chi connectivity index (χ3n) is 7.10. The van der Waals surface area contributed by atoms with Crippen LogP contribution in [0.15, 0.2) is 47.6 Å². The highest BCUT2D eigenvalue weighted by molar-refractivity contribution is 5.75. The topological polar surface area (TPSA) is 74.5 Å². The Labute approximate surface area is 200 Å². The van der Waals surface area contributed by atoms with Crippen molar-refractivity contribution in [2.45, 2.75) is 69.6 Å². The van der Waals surface area contributed by atoms with Crippen LogP contribution in [0.25, 0.3) is 11.3 Å². The zero-order valence-electron chi connectivity index (χ0n) is 19.5. The second kappa shape index (κ2) is 10.4. The summed E-state index contributed by atoms with van der Waals surface area (Å²) in [5.41, 5.74) is 2.67. The first-order valence-electron chi connectivity index (χ1n) is 12.5. The monoisotopic (exact) mass is 464 g/mol. The molecule has 0 spiro atoms. The number of aliphatic imine (C=N–C) groups is 1. The van der Waals surface area contributed by atoms with Crippen LogP contribution in [0.1, 0.15) is 69.3 Å². The van der Waals surface area contributed by atoms with Gasteiger partial charge in [0, 0.05) is 48.7 Å². The first kappa shape index (κ1) is 22.6. The molecule has 3 aliphatic rings. The number of hydrogen-bond acceptors (Lipinski definition) is 4. The molecule has 2 amide bonds. The molecule has 3 heterocycles. The fourth-order valence-electron chi connectivity index (χ4n) is 5.26. The predicted molar refractivity (Wildman–Crippen MR) is 131 cm³/mol. The summed E-state index contributed by atoms with van der Waals surface area (Å²) in [6.07, 6.45) is 14.1. The molecule has 1 aromatic carbocycles. The quantitative estimate of drug-likeness (QED) is 0.629. The summed E-state index contributed by atoms with van der Waals surface area (Å²) in [4.78, 5) is 19.6. The van der Waals surface area contributed by atoms with Crippen molar-refractivity contribution < 1.29 is 9.18 Å². The fraction of sp³-hybridized carbons (Fsp3) is 0.500. The van der Waals surface area contributed by atoms with Gasteiger partial charge >= 0.3 is 6.03 Å². The molecule has 7 nitrogen and oxygen atoms in total. The van der Waals surface area contributed by atoms with Crippen molar-refractivity contribution in [1.29, 1.82) is 0 Å². The molecule has 2 unspecified atom stereocenters. The van der Waals surface area contributed by atoms with Gasteiger partial charge in [0.25, 0.3) is 0 Å². The molecule has 180 valence electrons. The summed E-state index contributed by atoms with van der Waals surface area (Å²) < 4.78 is 15.4. The number of rotatable bonds is 4. The van der Waals surface area contributed by atoms with Crippen LogP contribution in [0.4, 0.5) is 9.18 Å². The maximum atomic E-state index is 13.5. The number of urea groups is 1. The van der Waals surface area contributed by atoms with Crippen molar-refractivity contribution in [3.05, 3.63) is 54.1 Å². The smallest absolute Gasteiger partial charge is 0.317 e. The molecule has 5 rings (SSSR count). The Kier molecular flexibility index (Phi) is 6.92. The standard InChI is InChI=1S/C26H33FN6O/c27-21-12-10-19(11-13-21)23-17-24(33(31-23)25-28-14-6-15-29-25)20-7-5-16-32(18-20)26(34)30-22-8-3-1-2-4-9-22/h6,10-15,17,20,22,25,28H,1-5,7-9,16,18H2,(H,30,34). The van der Waals surface area contributed by atoms with Crippen LogP contribution in [-0.2, 0) is 0 Å². The predicted octanol–water partition coefficient (Wildman–Crippen LogP) is 4.94. The average molecular weight is 465 g/mol. The summed E-state index contributed by atoms with van der Waals surface area (Å²) in [5.74, 6) is -0.118. The number of halogens is 1. The maximum Gasteiger partial charge on any atom is 0.317 e. The summed E-state index contributed by atoms with van der Waals surface area (Å²) in [6, 6.07) is 8.81. The molecule has 2 atom stereocenters. The van der Waals surface area contributed by atoms with Gasteiger partial charge < -0.3 is 15.5 Å². The molecule has 1 aromatic heterocycles. The number of aromatic nitrogens is 2. The number of benzene rings is 1. The Morgan fingerprint density at radius 1 is 1.06 bits per heavy atom. The zero-order valence-corrected chi connectivity index (χ0v) is 19.5. The Bertz CT molecular complexity index is 1040. The van der Waals surface area contributed by atoms with Gasteiger partial charge in [0.15, 0.2) is 0 Å². The van der Waals surface area contributed by atoms with Gasteiger partial charge in [-0.2, -0.15) is 5.10 Å². The van der Waals surface area contributed by atoms with Crippen molar-refractivity contribution in [2.24, 2.45) is 4.99 Å². The van der Waals surface area contributed by atoms with E-state index in [0.29, 0.717) is 12.6 Å². The molecule has 2 N–H and O–H groups in total. The summed E-state index contributed by atoms with van der Waals surface area (Å²) >= 11 is 0. The van der Waals surface area contributed by atoms with Crippen LogP contribution < -0.4 is 10.6 Å². The lowest BCUT2D eigenvalue weighted by molar-refractivity contribution is 0.172. The van der Waals surface area contributed by atoms with Gasteiger partial charge in [0.2, 0.25) is 6.29 Å². The van der Waals surface area contributed by atoms with Gasteiger partial charge in [0.05, 0.1) is 5.69 Å². The first-order chi connectivity index (χ1) is 16.7. The highest BCUT2D eigenvalue weighted by Crippen LogP contribution is 2.32. The number of nitrogens with zero attached hydrogens (tertiary/aromatic N) is 4. The maximum absolute atomic E-state index is 13.5. The lowest BCUT2D eigenvalue weighted by atomic mass is 9.94. The minimum Gasteiger partial charge on any atom is -0.352 e. The van der Waals surface area contributed by atoms with Crippen molar-refractivity contribution in [3.8, 4) is 11.3 Å². The number of hydrogen-bond donors (Lipinski definition) is 2. The Balaban J connectivity index is 1.36. The van der Waals surface area contributed by atoms with Crippen LogP contribution in [0.3, 0.4) is 0 Å². The van der Waals surface area contributed by atoms with Crippen LogP contribution in [0, 0.1) is 5.82 Å². The fourth-order valence-corrected chi connectivity index (χ4v) is 5.26. The highest BCUT2D eigenvalue weighted by Gasteiger charge is 2.30. The van der Waals surface area contributed by atoms with Gasteiger partial charge in [-0.25, -0.2) is 18.9 Å². The van der Waals surface area contributed by atoms with Crippen molar-refractivity contribution in [1.82, 2.24) is 25.3 Å². The highest BCUT2D eigenvalue weighted by atomic mass is 19.1. The minimum absolute atomic E-state index is 0.0539. The van der Waals surface area contributed by atoms with Gasteiger partial charge in [-0.05, 0) is 62.1 Å². The average Bonchev–Trinajstić information content (AvgIpc) is 3.16. The third kappa shape index (κ3) is 5.16. The number of nitrogens with one attached hydrogen (secondary N) is 2. The van der Waals surface area contributed by atoms with E-state index < -0.39 is 0 Å². The molecular weight excluding hydrogens is 431 g/mol. The number of carbonyl (C=O) groups is 1. The third-order valence-corrected chi connectivity index (χ3v) is 7.10. The summed E-state index contributed by atoms with van der Waals surface area (Å²) in [7, 11) is 0. The largest absolute Gasteiger partial charge is 0.352 e. The number of piperidine rings is 1. The normalized spacial score (nSPS) is 23.4. The number of carbonyl (C=O) groups excluding carboxylic acids is 1. The van der Waals surface area contributed by atoms with E-state index in [9.17, 15) is 9.18 Å². The lowest BCUT2D eigenvalue weighted by Gasteiger charge is -2.34. The van der Waals surface area contributed by atoms with Gasteiger partial charge in [0.1, 0.15) is 5.82 Å². The van der Waals surface area contributed by atoms with E-state index in [2.05, 4.69) is 21.7 Å².